The molecule has 0 radical (unpaired) electrons. The molecule has 1 aliphatic rings. The Morgan fingerprint density at radius 1 is 1.27 bits per heavy atom. The van der Waals surface area contributed by atoms with E-state index in [1.165, 1.54) is 0 Å². The zero-order valence-electron chi connectivity index (χ0n) is 13.4. The minimum atomic E-state index is -0.0957. The van der Waals surface area contributed by atoms with Crippen LogP contribution in [0, 0.1) is 0 Å². The maximum absolute atomic E-state index is 12.2. The van der Waals surface area contributed by atoms with Crippen molar-refractivity contribution in [1.82, 2.24) is 20.0 Å². The smallest absolute Gasteiger partial charge is 0.317 e. The Morgan fingerprint density at radius 2 is 1.91 bits per heavy atom. The highest BCUT2D eigenvalue weighted by Crippen LogP contribution is 2.17. The van der Waals surface area contributed by atoms with Crippen LogP contribution < -0.4 is 5.32 Å². The first-order chi connectivity index (χ1) is 10.5. The molecule has 1 aromatic rings. The van der Waals surface area contributed by atoms with Crippen molar-refractivity contribution in [2.24, 2.45) is 0 Å². The lowest BCUT2D eigenvalue weighted by Crippen LogP contribution is -2.53. The molecule has 3 amide bonds. The van der Waals surface area contributed by atoms with Gasteiger partial charge in [-0.3, -0.25) is 9.69 Å². The van der Waals surface area contributed by atoms with Crippen molar-refractivity contribution >= 4 is 11.9 Å². The third-order valence-electron chi connectivity index (χ3n) is 3.95. The number of urea groups is 1. The molecule has 7 nitrogen and oxygen atoms in total. The van der Waals surface area contributed by atoms with E-state index in [0.29, 0.717) is 32.7 Å². The summed E-state index contributed by atoms with van der Waals surface area (Å²) in [6, 6.07) is 3.65. The number of hydrogen-bond acceptors (Lipinski definition) is 4. The van der Waals surface area contributed by atoms with Crippen LogP contribution >= 0.6 is 0 Å². The summed E-state index contributed by atoms with van der Waals surface area (Å²) in [5.41, 5.74) is 0. The van der Waals surface area contributed by atoms with Crippen LogP contribution in [0.25, 0.3) is 0 Å². The molecule has 1 saturated heterocycles. The van der Waals surface area contributed by atoms with Crippen molar-refractivity contribution in [2.45, 2.75) is 13.0 Å². The summed E-state index contributed by atoms with van der Waals surface area (Å²) in [6.07, 6.45) is 1.63. The lowest BCUT2D eigenvalue weighted by Gasteiger charge is -2.34. The van der Waals surface area contributed by atoms with E-state index in [2.05, 4.69) is 5.32 Å². The number of carbonyl (C=O) groups excluding carboxylic acids is 2. The van der Waals surface area contributed by atoms with E-state index >= 15 is 0 Å². The fourth-order valence-electron chi connectivity index (χ4n) is 2.54. The van der Waals surface area contributed by atoms with Crippen LogP contribution in [0.15, 0.2) is 22.8 Å². The van der Waals surface area contributed by atoms with Crippen molar-refractivity contribution in [3.63, 3.8) is 0 Å². The molecule has 0 aromatic carbocycles. The Kier molecular flexibility index (Phi) is 5.43. The van der Waals surface area contributed by atoms with Crippen molar-refractivity contribution in [3.8, 4) is 0 Å². The number of likely N-dealkylation sites (N-methyl/N-ethyl adjacent to an activating group) is 1. The van der Waals surface area contributed by atoms with Crippen LogP contribution in [0.1, 0.15) is 18.7 Å². The minimum absolute atomic E-state index is 0.00235. The minimum Gasteiger partial charge on any atom is -0.468 e. The molecule has 22 heavy (non-hydrogen) atoms. The Labute approximate surface area is 130 Å². The Bertz CT molecular complexity index is 493. The Balaban J connectivity index is 1.83. The zero-order valence-corrected chi connectivity index (χ0v) is 13.4. The summed E-state index contributed by atoms with van der Waals surface area (Å²) in [7, 11) is 3.90. The molecule has 0 aliphatic carbocycles. The zero-order chi connectivity index (χ0) is 16.1. The molecule has 0 spiro atoms. The van der Waals surface area contributed by atoms with E-state index in [1.54, 1.807) is 23.0 Å². The van der Waals surface area contributed by atoms with Gasteiger partial charge in [0.05, 0.1) is 12.3 Å². The van der Waals surface area contributed by atoms with E-state index in [0.717, 1.165) is 5.76 Å². The number of carbonyl (C=O) groups is 2. The van der Waals surface area contributed by atoms with Gasteiger partial charge in [0, 0.05) is 39.6 Å². The number of nitrogens with zero attached hydrogens (tertiary/aromatic N) is 3. The van der Waals surface area contributed by atoms with Crippen molar-refractivity contribution in [2.75, 3.05) is 46.8 Å². The Hall–Kier alpha value is -2.02. The molecule has 7 heteroatoms. The van der Waals surface area contributed by atoms with Crippen LogP contribution in [0.4, 0.5) is 4.79 Å². The topological polar surface area (TPSA) is 69.0 Å². The normalized spacial score (nSPS) is 16.7. The molecule has 1 aliphatic heterocycles. The lowest BCUT2D eigenvalue weighted by atomic mass is 10.2. The summed E-state index contributed by atoms with van der Waals surface area (Å²) < 4.78 is 5.42. The molecule has 1 N–H and O–H groups in total. The molecule has 1 fully saturated rings. The standard InChI is InChI=1S/C15H24N4O3/c1-12(20)18-6-8-19(9-7-18)15(21)16-11-13(17(2)3)14-5-4-10-22-14/h4-5,10,13H,6-9,11H2,1-3H3,(H,16,21)/t13-/m0/s1. The number of hydrogen-bond donors (Lipinski definition) is 1. The molecular weight excluding hydrogens is 284 g/mol. The Morgan fingerprint density at radius 3 is 2.41 bits per heavy atom. The molecule has 1 aromatic heterocycles. The summed E-state index contributed by atoms with van der Waals surface area (Å²) in [6.45, 7) is 4.36. The van der Waals surface area contributed by atoms with Gasteiger partial charge in [-0.1, -0.05) is 0 Å². The molecule has 2 rings (SSSR count). The summed E-state index contributed by atoms with van der Waals surface area (Å²) >= 11 is 0. The number of rotatable bonds is 4. The van der Waals surface area contributed by atoms with Gasteiger partial charge in [-0.25, -0.2) is 4.79 Å². The van der Waals surface area contributed by atoms with Gasteiger partial charge in [0.15, 0.2) is 0 Å². The number of furan rings is 1. The number of amides is 3. The average molecular weight is 308 g/mol. The van der Waals surface area contributed by atoms with E-state index in [9.17, 15) is 9.59 Å². The summed E-state index contributed by atoms with van der Waals surface area (Å²) in [5.74, 6) is 0.886. The molecule has 0 unspecified atom stereocenters. The molecule has 2 heterocycles. The fourth-order valence-corrected chi connectivity index (χ4v) is 2.54. The van der Waals surface area contributed by atoms with Crippen molar-refractivity contribution in [3.05, 3.63) is 24.2 Å². The lowest BCUT2D eigenvalue weighted by molar-refractivity contribution is -0.130. The molecule has 1 atom stereocenters. The number of piperazine rings is 1. The van der Waals surface area contributed by atoms with E-state index < -0.39 is 0 Å². The van der Waals surface area contributed by atoms with E-state index in [-0.39, 0.29) is 18.0 Å². The first-order valence-corrected chi connectivity index (χ1v) is 7.47. The first-order valence-electron chi connectivity index (χ1n) is 7.47. The third-order valence-corrected chi connectivity index (χ3v) is 3.95. The number of nitrogens with one attached hydrogen (secondary N) is 1. The van der Waals surface area contributed by atoms with Gasteiger partial charge in [-0.2, -0.15) is 0 Å². The fraction of sp³-hybridized carbons (Fsp3) is 0.600. The van der Waals surface area contributed by atoms with Gasteiger partial charge in [0.25, 0.3) is 0 Å². The van der Waals surface area contributed by atoms with Crippen LogP contribution in [0.5, 0.6) is 0 Å². The van der Waals surface area contributed by atoms with Gasteiger partial charge in [-0.15, -0.1) is 0 Å². The second-order valence-corrected chi connectivity index (χ2v) is 5.67. The van der Waals surface area contributed by atoms with Crippen LogP contribution in [-0.4, -0.2) is 73.5 Å². The second-order valence-electron chi connectivity index (χ2n) is 5.67. The SMILES string of the molecule is CC(=O)N1CCN(C(=O)NC[C@@H](c2ccco2)N(C)C)CC1. The predicted octanol–water partition coefficient (Wildman–Crippen LogP) is 0.756. The monoisotopic (exact) mass is 308 g/mol. The van der Waals surface area contributed by atoms with Gasteiger partial charge >= 0.3 is 6.03 Å². The van der Waals surface area contributed by atoms with Crippen molar-refractivity contribution in [1.29, 1.82) is 0 Å². The molecular formula is C15H24N4O3. The molecule has 0 bridgehead atoms. The van der Waals surface area contributed by atoms with E-state index in [4.69, 9.17) is 4.42 Å². The maximum Gasteiger partial charge on any atom is 0.317 e. The average Bonchev–Trinajstić information content (AvgIpc) is 3.01. The summed E-state index contributed by atoms with van der Waals surface area (Å²) in [5, 5.41) is 2.95. The maximum atomic E-state index is 12.2. The second kappa shape index (κ2) is 7.31. The van der Waals surface area contributed by atoms with Gasteiger partial charge in [0.2, 0.25) is 5.91 Å². The van der Waals surface area contributed by atoms with Crippen molar-refractivity contribution < 1.29 is 14.0 Å². The van der Waals surface area contributed by atoms with Crippen LogP contribution in [0.2, 0.25) is 0 Å². The summed E-state index contributed by atoms with van der Waals surface area (Å²) in [4.78, 5) is 29.0. The van der Waals surface area contributed by atoms with Gasteiger partial charge in [0.1, 0.15) is 5.76 Å². The van der Waals surface area contributed by atoms with Crippen LogP contribution in [0.3, 0.4) is 0 Å². The predicted molar refractivity (Wildman–Crippen MR) is 82.4 cm³/mol. The molecule has 0 saturated carbocycles. The van der Waals surface area contributed by atoms with Gasteiger partial charge < -0.3 is 19.5 Å². The third kappa shape index (κ3) is 4.00. The highest BCUT2D eigenvalue weighted by Gasteiger charge is 2.24. The highest BCUT2D eigenvalue weighted by atomic mass is 16.3. The van der Waals surface area contributed by atoms with Crippen LogP contribution in [-0.2, 0) is 4.79 Å². The largest absolute Gasteiger partial charge is 0.468 e. The van der Waals surface area contributed by atoms with E-state index in [1.807, 2.05) is 31.1 Å². The van der Waals surface area contributed by atoms with Gasteiger partial charge in [-0.05, 0) is 26.2 Å². The quantitative estimate of drug-likeness (QED) is 0.891. The first kappa shape index (κ1) is 16.4. The molecule has 122 valence electrons. The highest BCUT2D eigenvalue weighted by molar-refractivity contribution is 5.76.